The summed E-state index contributed by atoms with van der Waals surface area (Å²) >= 11 is 0. The van der Waals surface area contributed by atoms with Crippen LogP contribution in [0, 0.1) is 0 Å². The van der Waals surface area contributed by atoms with Gasteiger partial charge in [0.15, 0.2) is 5.60 Å². The van der Waals surface area contributed by atoms with E-state index in [9.17, 15) is 22.8 Å². The van der Waals surface area contributed by atoms with Crippen molar-refractivity contribution in [1.29, 1.82) is 0 Å². The van der Waals surface area contributed by atoms with Crippen molar-refractivity contribution in [1.82, 2.24) is 5.32 Å². The molecule has 1 N–H and O–H groups in total. The molecule has 0 spiro atoms. The largest absolute Gasteiger partial charge is 0.476 e. The highest BCUT2D eigenvalue weighted by Gasteiger charge is 2.31. The van der Waals surface area contributed by atoms with Gasteiger partial charge in [-0.15, -0.1) is 0 Å². The first-order chi connectivity index (χ1) is 15.0. The summed E-state index contributed by atoms with van der Waals surface area (Å²) in [6, 6.07) is 11.8. The van der Waals surface area contributed by atoms with E-state index in [4.69, 9.17) is 9.47 Å². The smallest absolute Gasteiger partial charge is 0.416 e. The van der Waals surface area contributed by atoms with Crippen molar-refractivity contribution >= 4 is 18.0 Å². The topological polar surface area (TPSA) is 64.6 Å². The predicted molar refractivity (Wildman–Crippen MR) is 115 cm³/mol. The van der Waals surface area contributed by atoms with Crippen molar-refractivity contribution in [2.75, 3.05) is 13.2 Å². The van der Waals surface area contributed by atoms with Crippen LogP contribution in [0.25, 0.3) is 6.08 Å². The monoisotopic (exact) mass is 449 g/mol. The summed E-state index contributed by atoms with van der Waals surface area (Å²) in [5.41, 5.74) is -0.653. The van der Waals surface area contributed by atoms with E-state index in [0.717, 1.165) is 17.7 Å². The van der Waals surface area contributed by atoms with Gasteiger partial charge in [0.25, 0.3) is 0 Å². The van der Waals surface area contributed by atoms with E-state index in [1.54, 1.807) is 32.9 Å². The van der Waals surface area contributed by atoms with Crippen LogP contribution < -0.4 is 10.1 Å². The third-order valence-corrected chi connectivity index (χ3v) is 4.42. The second-order valence-electron chi connectivity index (χ2n) is 7.47. The van der Waals surface area contributed by atoms with Crippen LogP contribution in [0.5, 0.6) is 5.75 Å². The number of rotatable bonds is 9. The molecule has 32 heavy (non-hydrogen) atoms. The highest BCUT2D eigenvalue weighted by molar-refractivity contribution is 5.91. The molecule has 0 atom stereocenters. The van der Waals surface area contributed by atoms with E-state index < -0.39 is 29.2 Å². The van der Waals surface area contributed by atoms with E-state index >= 15 is 0 Å². The van der Waals surface area contributed by atoms with Gasteiger partial charge in [0.2, 0.25) is 5.91 Å². The first kappa shape index (κ1) is 25.0. The van der Waals surface area contributed by atoms with Gasteiger partial charge in [0, 0.05) is 12.6 Å². The van der Waals surface area contributed by atoms with Crippen molar-refractivity contribution in [2.45, 2.75) is 39.0 Å². The lowest BCUT2D eigenvalue weighted by atomic mass is 10.1. The lowest BCUT2D eigenvalue weighted by molar-refractivity contribution is -0.158. The third-order valence-electron chi connectivity index (χ3n) is 4.42. The number of hydrogen-bond donors (Lipinski definition) is 1. The zero-order chi connectivity index (χ0) is 23.8. The molecule has 2 aromatic carbocycles. The number of esters is 1. The van der Waals surface area contributed by atoms with Crippen LogP contribution in [0.2, 0.25) is 0 Å². The number of carbonyl (C=O) groups is 2. The quantitative estimate of drug-likeness (QED) is 0.441. The predicted octanol–water partition coefficient (Wildman–Crippen LogP) is 4.80. The molecule has 0 unspecified atom stereocenters. The van der Waals surface area contributed by atoms with Crippen molar-refractivity contribution < 1.29 is 32.2 Å². The van der Waals surface area contributed by atoms with Gasteiger partial charge in [0.1, 0.15) is 5.75 Å². The second kappa shape index (κ2) is 10.8. The molecule has 0 aromatic heterocycles. The number of nitrogens with one attached hydrogen (secondary N) is 1. The molecule has 0 fully saturated rings. The molecule has 2 rings (SSSR count). The first-order valence-electron chi connectivity index (χ1n) is 10.1. The molecule has 0 aliphatic rings. The van der Waals surface area contributed by atoms with Crippen LogP contribution in [-0.4, -0.2) is 30.6 Å². The van der Waals surface area contributed by atoms with Crippen LogP contribution in [0.4, 0.5) is 13.2 Å². The molecule has 5 nitrogen and oxygen atoms in total. The van der Waals surface area contributed by atoms with Crippen LogP contribution in [-0.2, 0) is 26.9 Å². The Kier molecular flexibility index (Phi) is 8.46. The van der Waals surface area contributed by atoms with Crippen molar-refractivity contribution in [2.24, 2.45) is 0 Å². The first-order valence-corrected chi connectivity index (χ1v) is 10.1. The molecule has 1 amide bonds. The van der Waals surface area contributed by atoms with E-state index in [0.29, 0.717) is 18.7 Å². The number of amides is 1. The van der Waals surface area contributed by atoms with E-state index in [1.165, 1.54) is 24.3 Å². The summed E-state index contributed by atoms with van der Waals surface area (Å²) in [6.07, 6.45) is -1.35. The maximum atomic E-state index is 12.7. The molecule has 8 heteroatoms. The Labute approximate surface area is 185 Å². The average Bonchev–Trinajstić information content (AvgIpc) is 2.73. The van der Waals surface area contributed by atoms with E-state index in [1.807, 2.05) is 12.1 Å². The standard InChI is InChI=1S/C24H26F3NO4/c1-4-31-22(30)23(2,3)32-20-11-8-17(9-12-20)14-15-28-21(29)13-10-18-6-5-7-19(16-18)24(25,26)27/h5-13,16H,4,14-15H2,1-3H3,(H,28,29). The number of benzene rings is 2. The van der Waals surface area contributed by atoms with Crippen LogP contribution in [0.1, 0.15) is 37.5 Å². The van der Waals surface area contributed by atoms with Crippen LogP contribution in [0.15, 0.2) is 54.6 Å². The second-order valence-corrected chi connectivity index (χ2v) is 7.47. The Hall–Kier alpha value is -3.29. The minimum absolute atomic E-state index is 0.269. The van der Waals surface area contributed by atoms with Gasteiger partial charge in [-0.05, 0) is 68.7 Å². The number of halogens is 3. The Bertz CT molecular complexity index is 950. The van der Waals surface area contributed by atoms with Crippen molar-refractivity contribution in [3.8, 4) is 5.75 Å². The highest BCUT2D eigenvalue weighted by atomic mass is 19.4. The number of alkyl halides is 3. The zero-order valence-electron chi connectivity index (χ0n) is 18.2. The molecule has 172 valence electrons. The summed E-state index contributed by atoms with van der Waals surface area (Å²) in [7, 11) is 0. The Morgan fingerprint density at radius 2 is 1.75 bits per heavy atom. The number of hydrogen-bond acceptors (Lipinski definition) is 4. The summed E-state index contributed by atoms with van der Waals surface area (Å²) in [4.78, 5) is 23.8. The van der Waals surface area contributed by atoms with E-state index in [-0.39, 0.29) is 12.2 Å². The molecule has 0 heterocycles. The highest BCUT2D eigenvalue weighted by Crippen LogP contribution is 2.29. The maximum Gasteiger partial charge on any atom is 0.416 e. The fraction of sp³-hybridized carbons (Fsp3) is 0.333. The lowest BCUT2D eigenvalue weighted by Gasteiger charge is -2.24. The molecule has 0 radical (unpaired) electrons. The Balaban J connectivity index is 1.83. The molecule has 0 aliphatic carbocycles. The minimum Gasteiger partial charge on any atom is -0.476 e. The van der Waals surface area contributed by atoms with Gasteiger partial charge in [-0.1, -0.05) is 24.3 Å². The molecule has 0 saturated heterocycles. The zero-order valence-corrected chi connectivity index (χ0v) is 18.2. The summed E-state index contributed by atoms with van der Waals surface area (Å²) in [6.45, 7) is 5.59. The van der Waals surface area contributed by atoms with Gasteiger partial charge in [-0.25, -0.2) is 4.79 Å². The molecular formula is C24H26F3NO4. The Morgan fingerprint density at radius 3 is 2.38 bits per heavy atom. The van der Waals surface area contributed by atoms with Gasteiger partial charge in [-0.3, -0.25) is 4.79 Å². The molecule has 0 saturated carbocycles. The summed E-state index contributed by atoms with van der Waals surface area (Å²) < 4.78 is 48.9. The average molecular weight is 449 g/mol. The summed E-state index contributed by atoms with van der Waals surface area (Å²) in [5, 5.41) is 2.69. The number of ether oxygens (including phenoxy) is 2. The van der Waals surface area contributed by atoms with Crippen LogP contribution in [0.3, 0.4) is 0 Å². The molecule has 0 aliphatic heterocycles. The van der Waals surface area contributed by atoms with Gasteiger partial charge < -0.3 is 14.8 Å². The van der Waals surface area contributed by atoms with Crippen molar-refractivity contribution in [3.05, 3.63) is 71.3 Å². The van der Waals surface area contributed by atoms with Gasteiger partial charge >= 0.3 is 12.1 Å². The maximum absolute atomic E-state index is 12.7. The van der Waals surface area contributed by atoms with E-state index in [2.05, 4.69) is 5.32 Å². The van der Waals surface area contributed by atoms with Gasteiger partial charge in [-0.2, -0.15) is 13.2 Å². The summed E-state index contributed by atoms with van der Waals surface area (Å²) in [5.74, 6) is -0.344. The van der Waals surface area contributed by atoms with Crippen molar-refractivity contribution in [3.63, 3.8) is 0 Å². The fourth-order valence-corrected chi connectivity index (χ4v) is 2.74. The third kappa shape index (κ3) is 7.76. The lowest BCUT2D eigenvalue weighted by Crippen LogP contribution is -2.39. The molecule has 2 aromatic rings. The normalized spacial score (nSPS) is 11.9. The minimum atomic E-state index is -4.43. The SMILES string of the molecule is CCOC(=O)C(C)(C)Oc1ccc(CCNC(=O)C=Cc2cccc(C(F)(F)F)c2)cc1. The van der Waals surface area contributed by atoms with Gasteiger partial charge in [0.05, 0.1) is 12.2 Å². The fourth-order valence-electron chi connectivity index (χ4n) is 2.74. The number of carbonyl (C=O) groups excluding carboxylic acids is 2. The molecule has 0 bridgehead atoms. The Morgan fingerprint density at radius 1 is 1.06 bits per heavy atom. The van der Waals surface area contributed by atoms with Crippen LogP contribution >= 0.6 is 0 Å². The molecular weight excluding hydrogens is 423 g/mol.